The fraction of sp³-hybridized carbons (Fsp3) is 0.682. The molecule has 25 heavy (non-hydrogen) atoms. The molecule has 0 saturated heterocycles. The molecule has 0 aromatic heterocycles. The number of hydrogen-bond acceptors (Lipinski definition) is 3. The molecular weight excluding hydrogens is 308 g/mol. The van der Waals surface area contributed by atoms with E-state index >= 15 is 0 Å². The molecule has 3 atom stereocenters. The highest BCUT2D eigenvalue weighted by atomic mass is 16.3. The normalized spacial score (nSPS) is 32.0. The summed E-state index contributed by atoms with van der Waals surface area (Å²) in [5, 5.41) is 20.3. The molecule has 2 bridgehead atoms. The van der Waals surface area contributed by atoms with Gasteiger partial charge in [-0.3, -0.25) is 5.32 Å². The molecule has 3 nitrogen and oxygen atoms in total. The molecule has 0 heterocycles. The zero-order valence-corrected chi connectivity index (χ0v) is 16.0. The topological polar surface area (TPSA) is 56.0 Å². The average Bonchev–Trinajstić information content (AvgIpc) is 2.55. The lowest BCUT2D eigenvalue weighted by atomic mass is 9.58. The fourth-order valence-electron chi connectivity index (χ4n) is 5.34. The van der Waals surface area contributed by atoms with Crippen LogP contribution in [0.25, 0.3) is 0 Å². The Morgan fingerprint density at radius 2 is 1.76 bits per heavy atom. The molecule has 2 aliphatic rings. The lowest BCUT2D eigenvalue weighted by Crippen LogP contribution is -2.36. The zero-order valence-electron chi connectivity index (χ0n) is 16.0. The summed E-state index contributed by atoms with van der Waals surface area (Å²) in [6.45, 7) is 7.66. The maximum absolute atomic E-state index is 9.03. The Labute approximate surface area is 153 Å². The Morgan fingerprint density at radius 1 is 1.16 bits per heavy atom. The number of nitriles is 1. The molecule has 1 aromatic carbocycles. The minimum atomic E-state index is -0.138. The van der Waals surface area contributed by atoms with Crippen LogP contribution in [-0.4, -0.2) is 18.3 Å². The van der Waals surface area contributed by atoms with Crippen molar-refractivity contribution in [2.45, 2.75) is 58.9 Å². The molecule has 3 heteroatoms. The Kier molecular flexibility index (Phi) is 7.47. The standard InChI is InChI=1S/C12H22.C10H12N2O/c1-9-4-11-5-10(2)7-12(3,6-9)8-11;11-6-7-12-10(8-13)9-4-2-1-3-5-9/h9-11H,4-8H2,1-3H3;1-5,10,12-13H,7-8H2. The molecule has 0 amide bonds. The van der Waals surface area contributed by atoms with Gasteiger partial charge in [-0.2, -0.15) is 5.26 Å². The van der Waals surface area contributed by atoms with Crippen LogP contribution >= 0.6 is 0 Å². The van der Waals surface area contributed by atoms with Crippen molar-refractivity contribution in [3.63, 3.8) is 0 Å². The lowest BCUT2D eigenvalue weighted by molar-refractivity contribution is 0.0331. The molecular formula is C22H34N2O. The second-order valence-corrected chi connectivity index (χ2v) is 8.66. The largest absolute Gasteiger partial charge is 0.394 e. The van der Waals surface area contributed by atoms with Crippen LogP contribution in [0.1, 0.15) is 64.5 Å². The molecule has 0 radical (unpaired) electrons. The van der Waals surface area contributed by atoms with E-state index in [9.17, 15) is 0 Å². The van der Waals surface area contributed by atoms with Crippen molar-refractivity contribution >= 4 is 0 Å². The van der Waals surface area contributed by atoms with Gasteiger partial charge in [0.2, 0.25) is 0 Å². The van der Waals surface area contributed by atoms with Gasteiger partial charge >= 0.3 is 0 Å². The molecule has 2 aliphatic carbocycles. The minimum absolute atomic E-state index is 0.00565. The van der Waals surface area contributed by atoms with Gasteiger partial charge in [0, 0.05) is 0 Å². The Hall–Kier alpha value is -1.37. The van der Waals surface area contributed by atoms with E-state index in [0.717, 1.165) is 28.7 Å². The number of aliphatic hydroxyl groups excluding tert-OH is 1. The SMILES string of the molecule is CC1CC2CC(C)CC(C)(C1)C2.N#CCNC(CO)c1ccccc1. The van der Waals surface area contributed by atoms with E-state index in [-0.39, 0.29) is 19.2 Å². The molecule has 3 rings (SSSR count). The van der Waals surface area contributed by atoms with Crippen LogP contribution < -0.4 is 5.32 Å². The zero-order chi connectivity index (χ0) is 18.3. The number of fused-ring (bicyclic) bond motifs is 2. The van der Waals surface area contributed by atoms with Crippen LogP contribution in [0.4, 0.5) is 0 Å². The molecule has 0 spiro atoms. The quantitative estimate of drug-likeness (QED) is 0.780. The molecule has 0 aliphatic heterocycles. The maximum atomic E-state index is 9.03. The predicted molar refractivity (Wildman–Crippen MR) is 103 cm³/mol. The number of rotatable bonds is 4. The van der Waals surface area contributed by atoms with E-state index in [1.165, 1.54) is 32.1 Å². The summed E-state index contributed by atoms with van der Waals surface area (Å²) in [4.78, 5) is 0. The second kappa shape index (κ2) is 9.36. The van der Waals surface area contributed by atoms with Crippen molar-refractivity contribution in [2.24, 2.45) is 23.2 Å². The van der Waals surface area contributed by atoms with Crippen molar-refractivity contribution in [1.82, 2.24) is 5.32 Å². The number of hydrogen-bond donors (Lipinski definition) is 2. The molecule has 3 unspecified atom stereocenters. The predicted octanol–water partition coefficient (Wildman–Crippen LogP) is 4.69. The van der Waals surface area contributed by atoms with Crippen LogP contribution in [0, 0.1) is 34.5 Å². The monoisotopic (exact) mass is 342 g/mol. The molecule has 2 saturated carbocycles. The first-order chi connectivity index (χ1) is 12.0. The van der Waals surface area contributed by atoms with Crippen molar-refractivity contribution in [3.8, 4) is 6.07 Å². The number of nitrogens with zero attached hydrogens (tertiary/aromatic N) is 1. The third-order valence-electron chi connectivity index (χ3n) is 5.75. The van der Waals surface area contributed by atoms with E-state index < -0.39 is 0 Å². The number of aliphatic hydroxyl groups is 1. The summed E-state index contributed by atoms with van der Waals surface area (Å²) in [5.74, 6) is 3.07. The minimum Gasteiger partial charge on any atom is -0.394 e. The summed E-state index contributed by atoms with van der Waals surface area (Å²) >= 11 is 0. The van der Waals surface area contributed by atoms with Gasteiger partial charge in [-0.1, -0.05) is 51.1 Å². The first-order valence-corrected chi connectivity index (χ1v) is 9.72. The van der Waals surface area contributed by atoms with Gasteiger partial charge in [0.25, 0.3) is 0 Å². The van der Waals surface area contributed by atoms with Crippen LogP contribution in [-0.2, 0) is 0 Å². The second-order valence-electron chi connectivity index (χ2n) is 8.66. The molecule has 2 N–H and O–H groups in total. The smallest absolute Gasteiger partial charge is 0.0846 e. The van der Waals surface area contributed by atoms with Gasteiger partial charge in [0.15, 0.2) is 0 Å². The van der Waals surface area contributed by atoms with Crippen LogP contribution in [0.3, 0.4) is 0 Å². The van der Waals surface area contributed by atoms with Crippen LogP contribution in [0.2, 0.25) is 0 Å². The summed E-state index contributed by atoms with van der Waals surface area (Å²) < 4.78 is 0. The van der Waals surface area contributed by atoms with Gasteiger partial charge in [0.05, 0.1) is 25.3 Å². The average molecular weight is 343 g/mol. The first-order valence-electron chi connectivity index (χ1n) is 9.72. The van der Waals surface area contributed by atoms with E-state index in [0.29, 0.717) is 0 Å². The van der Waals surface area contributed by atoms with Gasteiger partial charge in [-0.25, -0.2) is 0 Å². The fourth-order valence-corrected chi connectivity index (χ4v) is 5.34. The highest BCUT2D eigenvalue weighted by Gasteiger charge is 2.40. The number of nitrogens with one attached hydrogen (secondary N) is 1. The third-order valence-corrected chi connectivity index (χ3v) is 5.75. The van der Waals surface area contributed by atoms with Gasteiger partial charge in [-0.05, 0) is 60.8 Å². The van der Waals surface area contributed by atoms with Crippen molar-refractivity contribution in [1.29, 1.82) is 5.26 Å². The highest BCUT2D eigenvalue weighted by Crippen LogP contribution is 2.52. The van der Waals surface area contributed by atoms with Crippen molar-refractivity contribution in [3.05, 3.63) is 35.9 Å². The van der Waals surface area contributed by atoms with E-state index in [2.05, 4.69) is 26.1 Å². The summed E-state index contributed by atoms with van der Waals surface area (Å²) in [6, 6.07) is 11.4. The summed E-state index contributed by atoms with van der Waals surface area (Å²) in [7, 11) is 0. The van der Waals surface area contributed by atoms with E-state index in [1.54, 1.807) is 0 Å². The Bertz CT molecular complexity index is 531. The lowest BCUT2D eigenvalue weighted by Gasteiger charge is -2.48. The van der Waals surface area contributed by atoms with E-state index in [1.807, 2.05) is 36.4 Å². The molecule has 1 aromatic rings. The maximum Gasteiger partial charge on any atom is 0.0846 e. The first kappa shape index (κ1) is 19.9. The summed E-state index contributed by atoms with van der Waals surface area (Å²) in [6.07, 6.45) is 7.54. The van der Waals surface area contributed by atoms with Gasteiger partial charge < -0.3 is 5.11 Å². The van der Waals surface area contributed by atoms with E-state index in [4.69, 9.17) is 10.4 Å². The third kappa shape index (κ3) is 6.13. The Balaban J connectivity index is 0.000000181. The van der Waals surface area contributed by atoms with Crippen molar-refractivity contribution < 1.29 is 5.11 Å². The Morgan fingerprint density at radius 3 is 2.24 bits per heavy atom. The number of benzene rings is 1. The van der Waals surface area contributed by atoms with Crippen molar-refractivity contribution in [2.75, 3.05) is 13.2 Å². The molecule has 138 valence electrons. The van der Waals surface area contributed by atoms with Crippen LogP contribution in [0.5, 0.6) is 0 Å². The highest BCUT2D eigenvalue weighted by molar-refractivity contribution is 5.19. The summed E-state index contributed by atoms with van der Waals surface area (Å²) in [5.41, 5.74) is 1.72. The van der Waals surface area contributed by atoms with Gasteiger partial charge in [-0.15, -0.1) is 0 Å². The van der Waals surface area contributed by atoms with Crippen LogP contribution in [0.15, 0.2) is 30.3 Å². The molecule has 2 fully saturated rings. The van der Waals surface area contributed by atoms with Gasteiger partial charge in [0.1, 0.15) is 0 Å².